The fraction of sp³-hybridized carbons (Fsp3) is 0.312. The molecule has 0 radical (unpaired) electrons. The lowest BCUT2D eigenvalue weighted by molar-refractivity contribution is -0.128. The Morgan fingerprint density at radius 2 is 2.09 bits per heavy atom. The molecular weight excluding hydrogens is 350 g/mol. The largest absolute Gasteiger partial charge is 0.333 e. The van der Waals surface area contributed by atoms with Crippen LogP contribution in [0, 0.1) is 13.8 Å². The lowest BCUT2D eigenvalue weighted by Crippen LogP contribution is -2.31. The van der Waals surface area contributed by atoms with E-state index < -0.39 is 0 Å². The minimum Gasteiger partial charge on any atom is -0.333 e. The highest BCUT2D eigenvalue weighted by molar-refractivity contribution is 7.99. The Morgan fingerprint density at radius 3 is 2.65 bits per heavy atom. The summed E-state index contributed by atoms with van der Waals surface area (Å²) < 4.78 is 0.726. The molecule has 0 bridgehead atoms. The molecule has 2 aromatic heterocycles. The number of carbonyl (C=O) groups is 1. The van der Waals surface area contributed by atoms with Gasteiger partial charge in [0.15, 0.2) is 5.16 Å². The highest BCUT2D eigenvalue weighted by Gasteiger charge is 2.15. The van der Waals surface area contributed by atoms with Gasteiger partial charge in [0.2, 0.25) is 5.91 Å². The van der Waals surface area contributed by atoms with Crippen molar-refractivity contribution in [3.05, 3.63) is 51.5 Å². The molecule has 0 spiro atoms. The number of rotatable bonds is 7. The zero-order valence-electron chi connectivity index (χ0n) is 13.1. The van der Waals surface area contributed by atoms with Crippen LogP contribution in [0.3, 0.4) is 0 Å². The van der Waals surface area contributed by atoms with Crippen LogP contribution in [0.2, 0.25) is 4.34 Å². The number of halogens is 1. The number of hydrogen-bond donors (Lipinski definition) is 0. The molecule has 0 saturated heterocycles. The van der Waals surface area contributed by atoms with Gasteiger partial charge in [0.05, 0.1) is 16.6 Å². The number of nitrogens with zero attached hydrogens (tertiary/aromatic N) is 3. The number of thiophene rings is 1. The van der Waals surface area contributed by atoms with E-state index in [0.717, 1.165) is 20.6 Å². The van der Waals surface area contributed by atoms with E-state index in [1.165, 1.54) is 23.1 Å². The first-order valence-electron chi connectivity index (χ1n) is 7.06. The standard InChI is InChI=1S/C16H18ClN3OS2/c1-4-7-20(9-13-5-6-14(17)23-13)15(21)10-22-16-18-11(2)8-12(3)19-16/h4-6,8H,1,7,9-10H2,2-3H3. The van der Waals surface area contributed by atoms with Gasteiger partial charge < -0.3 is 4.90 Å². The van der Waals surface area contributed by atoms with Gasteiger partial charge >= 0.3 is 0 Å². The van der Waals surface area contributed by atoms with Crippen molar-refractivity contribution in [3.63, 3.8) is 0 Å². The average molecular weight is 368 g/mol. The summed E-state index contributed by atoms with van der Waals surface area (Å²) in [6, 6.07) is 5.70. The van der Waals surface area contributed by atoms with Crippen molar-refractivity contribution in [3.8, 4) is 0 Å². The summed E-state index contributed by atoms with van der Waals surface area (Å²) in [7, 11) is 0. The molecule has 2 heterocycles. The van der Waals surface area contributed by atoms with Crippen LogP contribution < -0.4 is 0 Å². The molecule has 0 atom stereocenters. The van der Waals surface area contributed by atoms with Gasteiger partial charge in [-0.25, -0.2) is 9.97 Å². The van der Waals surface area contributed by atoms with Crippen molar-refractivity contribution in [1.29, 1.82) is 0 Å². The number of carbonyl (C=O) groups excluding carboxylic acids is 1. The van der Waals surface area contributed by atoms with Gasteiger partial charge in [-0.2, -0.15) is 0 Å². The van der Waals surface area contributed by atoms with Gasteiger partial charge in [0.1, 0.15) is 0 Å². The van der Waals surface area contributed by atoms with E-state index in [2.05, 4.69) is 16.5 Å². The predicted molar refractivity (Wildman–Crippen MR) is 97.2 cm³/mol. The molecule has 4 nitrogen and oxygen atoms in total. The molecule has 0 saturated carbocycles. The molecule has 23 heavy (non-hydrogen) atoms. The fourth-order valence-electron chi connectivity index (χ4n) is 2.01. The summed E-state index contributed by atoms with van der Waals surface area (Å²) in [6.07, 6.45) is 1.73. The fourth-order valence-corrected chi connectivity index (χ4v) is 3.97. The van der Waals surface area contributed by atoms with E-state index in [9.17, 15) is 4.79 Å². The summed E-state index contributed by atoms with van der Waals surface area (Å²) in [5, 5.41) is 0.633. The van der Waals surface area contributed by atoms with Crippen LogP contribution in [-0.2, 0) is 11.3 Å². The van der Waals surface area contributed by atoms with Gasteiger partial charge in [-0.1, -0.05) is 29.4 Å². The molecule has 2 aromatic rings. The molecule has 0 aliphatic rings. The molecule has 0 aliphatic heterocycles. The van der Waals surface area contributed by atoms with Crippen LogP contribution in [0.25, 0.3) is 0 Å². The lowest BCUT2D eigenvalue weighted by atomic mass is 10.4. The third-order valence-electron chi connectivity index (χ3n) is 2.96. The van der Waals surface area contributed by atoms with Gasteiger partial charge in [-0.05, 0) is 32.0 Å². The summed E-state index contributed by atoms with van der Waals surface area (Å²) >= 11 is 8.79. The third kappa shape index (κ3) is 5.64. The molecule has 7 heteroatoms. The molecule has 0 fully saturated rings. The van der Waals surface area contributed by atoms with E-state index >= 15 is 0 Å². The molecular formula is C16H18ClN3OS2. The Kier molecular flexibility index (Phi) is 6.62. The molecule has 1 amide bonds. The zero-order chi connectivity index (χ0) is 16.8. The van der Waals surface area contributed by atoms with Crippen molar-refractivity contribution in [2.24, 2.45) is 0 Å². The number of thioether (sulfide) groups is 1. The first kappa shape index (κ1) is 18.0. The van der Waals surface area contributed by atoms with Gasteiger partial charge in [0.25, 0.3) is 0 Å². The smallest absolute Gasteiger partial charge is 0.233 e. The number of amides is 1. The Hall–Kier alpha value is -1.37. The number of hydrogen-bond acceptors (Lipinski definition) is 5. The highest BCUT2D eigenvalue weighted by atomic mass is 35.5. The number of aryl methyl sites for hydroxylation is 2. The first-order chi connectivity index (χ1) is 11.0. The SMILES string of the molecule is C=CCN(Cc1ccc(Cl)s1)C(=O)CSc1nc(C)cc(C)n1. The summed E-state index contributed by atoms with van der Waals surface area (Å²) in [5.41, 5.74) is 1.81. The second-order valence-corrected chi connectivity index (χ2v) is 7.73. The first-order valence-corrected chi connectivity index (χ1v) is 9.24. The van der Waals surface area contributed by atoms with E-state index in [0.29, 0.717) is 24.0 Å². The Labute approximate surface area is 149 Å². The monoisotopic (exact) mass is 367 g/mol. The maximum absolute atomic E-state index is 12.5. The summed E-state index contributed by atoms with van der Waals surface area (Å²) in [6.45, 7) is 8.61. The van der Waals surface area contributed by atoms with E-state index in [4.69, 9.17) is 11.6 Å². The van der Waals surface area contributed by atoms with Crippen molar-refractivity contribution >= 4 is 40.6 Å². The van der Waals surface area contributed by atoms with Crippen LogP contribution in [0.1, 0.15) is 16.3 Å². The Balaban J connectivity index is 1.98. The van der Waals surface area contributed by atoms with Crippen molar-refractivity contribution in [1.82, 2.24) is 14.9 Å². The van der Waals surface area contributed by atoms with E-state index in [1.807, 2.05) is 32.0 Å². The van der Waals surface area contributed by atoms with Crippen LogP contribution in [-0.4, -0.2) is 33.1 Å². The quantitative estimate of drug-likeness (QED) is 0.419. The lowest BCUT2D eigenvalue weighted by Gasteiger charge is -2.20. The summed E-state index contributed by atoms with van der Waals surface area (Å²) in [4.78, 5) is 24.0. The normalized spacial score (nSPS) is 10.6. The average Bonchev–Trinajstić information content (AvgIpc) is 2.88. The molecule has 122 valence electrons. The Morgan fingerprint density at radius 1 is 1.39 bits per heavy atom. The second-order valence-electron chi connectivity index (χ2n) is 4.99. The number of aromatic nitrogens is 2. The van der Waals surface area contributed by atoms with E-state index in [-0.39, 0.29) is 5.91 Å². The van der Waals surface area contributed by atoms with Crippen LogP contribution in [0.5, 0.6) is 0 Å². The molecule has 0 aromatic carbocycles. The molecule has 2 rings (SSSR count). The van der Waals surface area contributed by atoms with Crippen molar-refractivity contribution < 1.29 is 4.79 Å². The van der Waals surface area contributed by atoms with Crippen LogP contribution >= 0.6 is 34.7 Å². The maximum atomic E-state index is 12.5. The van der Waals surface area contributed by atoms with Gasteiger partial charge in [-0.3, -0.25) is 4.79 Å². The van der Waals surface area contributed by atoms with Gasteiger partial charge in [0, 0.05) is 22.8 Å². The molecule has 0 aliphatic carbocycles. The highest BCUT2D eigenvalue weighted by Crippen LogP contribution is 2.23. The second kappa shape index (κ2) is 8.47. The van der Waals surface area contributed by atoms with Crippen molar-refractivity contribution in [2.45, 2.75) is 25.5 Å². The topological polar surface area (TPSA) is 46.1 Å². The maximum Gasteiger partial charge on any atom is 0.233 e. The summed E-state index contributed by atoms with van der Waals surface area (Å²) in [5.74, 6) is 0.331. The third-order valence-corrected chi connectivity index (χ3v) is 5.01. The van der Waals surface area contributed by atoms with E-state index in [1.54, 1.807) is 11.0 Å². The van der Waals surface area contributed by atoms with Crippen LogP contribution in [0.4, 0.5) is 0 Å². The molecule has 0 unspecified atom stereocenters. The van der Waals surface area contributed by atoms with Crippen LogP contribution in [0.15, 0.2) is 36.0 Å². The van der Waals surface area contributed by atoms with Gasteiger partial charge in [-0.15, -0.1) is 17.9 Å². The Bertz CT molecular complexity index is 682. The minimum atomic E-state index is 0.0298. The zero-order valence-corrected chi connectivity index (χ0v) is 15.5. The molecule has 0 N–H and O–H groups in total. The minimum absolute atomic E-state index is 0.0298. The predicted octanol–water partition coefficient (Wildman–Crippen LogP) is 4.12. The van der Waals surface area contributed by atoms with Crippen molar-refractivity contribution in [2.75, 3.05) is 12.3 Å².